The molecule has 0 heterocycles. The zero-order valence-corrected chi connectivity index (χ0v) is 17.9. The molecule has 0 aromatic carbocycles. The molecular weight excluding hydrogens is 336 g/mol. The van der Waals surface area contributed by atoms with E-state index in [1.165, 1.54) is 51.4 Å². The van der Waals surface area contributed by atoms with Crippen LogP contribution in [0.25, 0.3) is 0 Å². The van der Waals surface area contributed by atoms with Gasteiger partial charge >= 0.3 is 0 Å². The molecule has 152 valence electrons. The van der Waals surface area contributed by atoms with Gasteiger partial charge in [0.25, 0.3) is 10.1 Å². The van der Waals surface area contributed by atoms with Gasteiger partial charge in [-0.15, -0.1) is 0 Å². The fraction of sp³-hybridized carbons (Fsp3) is 1.00. The summed E-state index contributed by atoms with van der Waals surface area (Å²) in [5.41, 5.74) is -1.04. The number of hydrogen-bond donors (Lipinski definition) is 1. The summed E-state index contributed by atoms with van der Waals surface area (Å²) < 4.78 is 28.0. The largest absolute Gasteiger partial charge is 0.387 e. The van der Waals surface area contributed by atoms with Crippen LogP contribution in [0.3, 0.4) is 0 Å². The lowest BCUT2D eigenvalue weighted by molar-refractivity contribution is -0.0659. The molecule has 4 nitrogen and oxygen atoms in total. The van der Waals surface area contributed by atoms with Crippen LogP contribution in [0, 0.1) is 0 Å². The molecule has 0 fully saturated rings. The molecule has 0 rings (SSSR count). The number of aliphatic hydroxyl groups is 1. The standard InChI is InChI=1S/C20H42O4S/c1-5-7-9-11-13-15-17-20(21,19(3)24-25(4,22)23)18-16-14-12-10-8-6-2/h19,21H,5-18H2,1-4H3/t19-/m0/s1. The summed E-state index contributed by atoms with van der Waals surface area (Å²) in [6.45, 7) is 6.09. The molecule has 0 radical (unpaired) electrons. The fourth-order valence-corrected chi connectivity index (χ4v) is 4.01. The van der Waals surface area contributed by atoms with E-state index in [0.29, 0.717) is 12.8 Å². The molecule has 0 saturated carbocycles. The van der Waals surface area contributed by atoms with Gasteiger partial charge < -0.3 is 5.11 Å². The maximum absolute atomic E-state index is 11.5. The quantitative estimate of drug-likeness (QED) is 0.265. The molecule has 0 aliphatic carbocycles. The Labute approximate surface area is 156 Å². The normalized spacial score (nSPS) is 14.0. The predicted octanol–water partition coefficient (Wildman–Crippen LogP) is 5.58. The lowest BCUT2D eigenvalue weighted by Gasteiger charge is -2.33. The Balaban J connectivity index is 4.42. The highest BCUT2D eigenvalue weighted by atomic mass is 32.2. The maximum atomic E-state index is 11.5. The average Bonchev–Trinajstić information content (AvgIpc) is 2.52. The number of hydrogen-bond acceptors (Lipinski definition) is 4. The predicted molar refractivity (Wildman–Crippen MR) is 106 cm³/mol. The SMILES string of the molecule is CCCCCCCCC(O)(CCCCCCCC)[C@H](C)OS(C)(=O)=O. The lowest BCUT2D eigenvalue weighted by atomic mass is 9.85. The summed E-state index contributed by atoms with van der Waals surface area (Å²) in [7, 11) is -3.55. The van der Waals surface area contributed by atoms with Gasteiger partial charge in [0.15, 0.2) is 0 Å². The van der Waals surface area contributed by atoms with Crippen molar-refractivity contribution < 1.29 is 17.7 Å². The van der Waals surface area contributed by atoms with Crippen LogP contribution in [0.15, 0.2) is 0 Å². The fourth-order valence-electron chi connectivity index (χ4n) is 3.31. The first-order valence-corrected chi connectivity index (χ1v) is 12.2. The van der Waals surface area contributed by atoms with Crippen molar-refractivity contribution in [3.63, 3.8) is 0 Å². The zero-order valence-electron chi connectivity index (χ0n) is 17.1. The van der Waals surface area contributed by atoms with Crippen molar-refractivity contribution in [1.29, 1.82) is 0 Å². The molecule has 0 amide bonds. The second-order valence-electron chi connectivity index (χ2n) is 7.58. The topological polar surface area (TPSA) is 63.6 Å². The molecule has 1 N–H and O–H groups in total. The van der Waals surface area contributed by atoms with Gasteiger partial charge in [-0.3, -0.25) is 4.18 Å². The third kappa shape index (κ3) is 13.7. The summed E-state index contributed by atoms with van der Waals surface area (Å²) in [6.07, 6.45) is 15.4. The Morgan fingerprint density at radius 1 is 0.800 bits per heavy atom. The molecule has 0 aromatic rings. The lowest BCUT2D eigenvalue weighted by Crippen LogP contribution is -2.43. The second kappa shape index (κ2) is 14.0. The van der Waals surface area contributed by atoms with Crippen molar-refractivity contribution in [1.82, 2.24) is 0 Å². The van der Waals surface area contributed by atoms with Crippen molar-refractivity contribution in [2.75, 3.05) is 6.26 Å². The van der Waals surface area contributed by atoms with Gasteiger partial charge in [0, 0.05) is 0 Å². The molecule has 0 aliphatic heterocycles. The van der Waals surface area contributed by atoms with Crippen LogP contribution in [0.5, 0.6) is 0 Å². The third-order valence-corrected chi connectivity index (χ3v) is 5.64. The van der Waals surface area contributed by atoms with Gasteiger partial charge in [-0.2, -0.15) is 8.42 Å². The second-order valence-corrected chi connectivity index (χ2v) is 9.18. The minimum absolute atomic E-state index is 0.616. The third-order valence-electron chi connectivity index (χ3n) is 5.00. The molecule has 0 aromatic heterocycles. The van der Waals surface area contributed by atoms with Gasteiger partial charge in [0.05, 0.1) is 11.9 Å². The minimum atomic E-state index is -3.55. The van der Waals surface area contributed by atoms with Crippen LogP contribution in [-0.2, 0) is 14.3 Å². The summed E-state index contributed by atoms with van der Waals surface area (Å²) in [5.74, 6) is 0. The molecule has 0 bridgehead atoms. The van der Waals surface area contributed by atoms with Gasteiger partial charge in [0.2, 0.25) is 0 Å². The van der Waals surface area contributed by atoms with E-state index in [1.54, 1.807) is 6.92 Å². The highest BCUT2D eigenvalue weighted by Crippen LogP contribution is 2.29. The number of rotatable bonds is 17. The zero-order chi connectivity index (χ0) is 19.2. The number of unbranched alkanes of at least 4 members (excludes halogenated alkanes) is 10. The molecule has 25 heavy (non-hydrogen) atoms. The van der Waals surface area contributed by atoms with E-state index >= 15 is 0 Å². The van der Waals surface area contributed by atoms with E-state index in [4.69, 9.17) is 4.18 Å². The van der Waals surface area contributed by atoms with Crippen LogP contribution >= 0.6 is 0 Å². The van der Waals surface area contributed by atoms with E-state index in [-0.39, 0.29) is 0 Å². The van der Waals surface area contributed by atoms with Gasteiger partial charge in [-0.1, -0.05) is 90.9 Å². The van der Waals surface area contributed by atoms with Crippen LogP contribution in [0.4, 0.5) is 0 Å². The first-order valence-electron chi connectivity index (χ1n) is 10.4. The maximum Gasteiger partial charge on any atom is 0.264 e. The molecule has 0 aliphatic rings. The molecule has 5 heteroatoms. The van der Waals surface area contributed by atoms with Gasteiger partial charge in [-0.05, 0) is 19.8 Å². The highest BCUT2D eigenvalue weighted by molar-refractivity contribution is 7.86. The molecule has 0 saturated heterocycles. The Morgan fingerprint density at radius 2 is 1.16 bits per heavy atom. The summed E-state index contributed by atoms with van der Waals surface area (Å²) >= 11 is 0. The van der Waals surface area contributed by atoms with Crippen molar-refractivity contribution >= 4 is 10.1 Å². The van der Waals surface area contributed by atoms with Crippen molar-refractivity contribution in [3.05, 3.63) is 0 Å². The Kier molecular flexibility index (Phi) is 13.9. The average molecular weight is 379 g/mol. The van der Waals surface area contributed by atoms with E-state index in [0.717, 1.165) is 31.9 Å². The Morgan fingerprint density at radius 3 is 1.52 bits per heavy atom. The highest BCUT2D eigenvalue weighted by Gasteiger charge is 2.35. The van der Waals surface area contributed by atoms with E-state index in [1.807, 2.05) is 0 Å². The van der Waals surface area contributed by atoms with Crippen molar-refractivity contribution in [3.8, 4) is 0 Å². The summed E-state index contributed by atoms with van der Waals surface area (Å²) in [5, 5.41) is 11.1. The summed E-state index contributed by atoms with van der Waals surface area (Å²) in [6, 6.07) is 0. The monoisotopic (exact) mass is 378 g/mol. The Hall–Kier alpha value is -0.130. The first-order chi connectivity index (χ1) is 11.7. The van der Waals surface area contributed by atoms with Crippen LogP contribution in [-0.4, -0.2) is 31.5 Å². The molecular formula is C20H42O4S. The van der Waals surface area contributed by atoms with Gasteiger partial charge in [0.1, 0.15) is 6.10 Å². The van der Waals surface area contributed by atoms with Crippen LogP contribution in [0.2, 0.25) is 0 Å². The van der Waals surface area contributed by atoms with E-state index in [2.05, 4.69) is 13.8 Å². The first kappa shape index (κ1) is 24.9. The van der Waals surface area contributed by atoms with Gasteiger partial charge in [-0.25, -0.2) is 0 Å². The Bertz CT molecular complexity index is 390. The van der Waals surface area contributed by atoms with E-state index in [9.17, 15) is 13.5 Å². The van der Waals surface area contributed by atoms with E-state index < -0.39 is 21.8 Å². The minimum Gasteiger partial charge on any atom is -0.387 e. The smallest absolute Gasteiger partial charge is 0.264 e. The van der Waals surface area contributed by atoms with Crippen LogP contribution in [0.1, 0.15) is 111 Å². The summed E-state index contributed by atoms with van der Waals surface area (Å²) in [4.78, 5) is 0. The molecule has 1 atom stereocenters. The molecule has 0 unspecified atom stereocenters. The van der Waals surface area contributed by atoms with Crippen molar-refractivity contribution in [2.45, 2.75) is 122 Å². The van der Waals surface area contributed by atoms with Crippen molar-refractivity contribution in [2.24, 2.45) is 0 Å². The van der Waals surface area contributed by atoms with Crippen LogP contribution < -0.4 is 0 Å². The molecule has 0 spiro atoms.